The van der Waals surface area contributed by atoms with Gasteiger partial charge in [0.05, 0.1) is 42.9 Å². The van der Waals surface area contributed by atoms with Crippen molar-refractivity contribution in [3.05, 3.63) is 36.5 Å². The molecule has 0 aromatic carbocycles. The summed E-state index contributed by atoms with van der Waals surface area (Å²) in [4.78, 5) is 16.3. The van der Waals surface area contributed by atoms with Crippen LogP contribution in [0, 0.1) is 5.41 Å². The molecule has 0 bridgehead atoms. The van der Waals surface area contributed by atoms with E-state index in [9.17, 15) is 5.11 Å². The minimum atomic E-state index is -0.158. The molecule has 6 heterocycles. The van der Waals surface area contributed by atoms with Gasteiger partial charge in [0.2, 0.25) is 0 Å². The fourth-order valence-electron chi connectivity index (χ4n) is 6.25. The van der Waals surface area contributed by atoms with E-state index in [2.05, 4.69) is 28.5 Å². The largest absolute Gasteiger partial charge is 0.390 e. The van der Waals surface area contributed by atoms with Crippen LogP contribution < -0.4 is 4.90 Å². The average Bonchev–Trinajstić information content (AvgIpc) is 3.52. The number of hydrogen-bond acceptors (Lipinski definition) is 7. The molecular formula is C24H31N7O2Si. The highest BCUT2D eigenvalue weighted by atomic mass is 28.2. The molecule has 0 aliphatic carbocycles. The standard InChI is InChI=1S/C24H31N7O2Si/c1-15-21(34-3)24(14-33-15)5-8-30(9-6-24)22-18(13-32)28-23-17(27-22)10-26-31(23)20-12-29(2)19-11-25-7-4-16(19)20/h4,7,10-12,15,21,32H,5-6,8-9,13-14,34H2,1-3H3/t15-,21?/m0/s1. The quantitative estimate of drug-likeness (QED) is 0.450. The van der Waals surface area contributed by atoms with Gasteiger partial charge in [-0.05, 0) is 36.8 Å². The van der Waals surface area contributed by atoms with E-state index in [-0.39, 0.29) is 16.1 Å². The first-order chi connectivity index (χ1) is 16.5. The summed E-state index contributed by atoms with van der Waals surface area (Å²) in [5.41, 5.74) is 5.00. The molecule has 2 fully saturated rings. The van der Waals surface area contributed by atoms with Crippen LogP contribution in [-0.2, 0) is 18.4 Å². The van der Waals surface area contributed by atoms with Crippen molar-refractivity contribution in [3.63, 3.8) is 0 Å². The molecule has 1 spiro atoms. The second-order valence-electron chi connectivity index (χ2n) is 9.82. The van der Waals surface area contributed by atoms with Gasteiger partial charge in [0.15, 0.2) is 11.5 Å². The second-order valence-corrected chi connectivity index (χ2v) is 11.5. The number of pyridine rings is 1. The van der Waals surface area contributed by atoms with Crippen LogP contribution in [0.25, 0.3) is 27.8 Å². The number of ether oxygens (including phenoxy) is 1. The second kappa shape index (κ2) is 8.14. The third kappa shape index (κ3) is 3.19. The maximum atomic E-state index is 10.2. The van der Waals surface area contributed by atoms with Gasteiger partial charge < -0.3 is 19.3 Å². The van der Waals surface area contributed by atoms with Gasteiger partial charge in [0.1, 0.15) is 11.2 Å². The molecule has 0 saturated carbocycles. The van der Waals surface area contributed by atoms with E-state index in [1.165, 1.54) is 0 Å². The fraction of sp³-hybridized carbons (Fsp3) is 0.500. The Kier molecular flexibility index (Phi) is 5.19. The van der Waals surface area contributed by atoms with Crippen LogP contribution in [0.3, 0.4) is 0 Å². The van der Waals surface area contributed by atoms with Crippen LogP contribution in [0.2, 0.25) is 12.1 Å². The highest BCUT2D eigenvalue weighted by Crippen LogP contribution is 2.50. The van der Waals surface area contributed by atoms with Gasteiger partial charge in [-0.2, -0.15) is 5.10 Å². The highest BCUT2D eigenvalue weighted by Gasteiger charge is 2.48. The molecule has 178 valence electrons. The Bertz CT molecular complexity index is 1360. The smallest absolute Gasteiger partial charge is 0.182 e. The SMILES string of the molecule is C[SiH2]C1[C@H](C)OCC12CCN(c1nc3cnn(-c4cn(C)c5cnccc45)c3nc1CO)CC2. The Morgan fingerprint density at radius 1 is 1.24 bits per heavy atom. The molecule has 9 nitrogen and oxygen atoms in total. The number of aliphatic hydroxyl groups is 1. The van der Waals surface area contributed by atoms with Gasteiger partial charge >= 0.3 is 0 Å². The number of piperidine rings is 1. The Morgan fingerprint density at radius 3 is 2.82 bits per heavy atom. The van der Waals surface area contributed by atoms with Gasteiger partial charge in [-0.3, -0.25) is 4.98 Å². The Labute approximate surface area is 200 Å². The number of aliphatic hydroxyl groups excluding tert-OH is 1. The van der Waals surface area contributed by atoms with Gasteiger partial charge in [-0.15, -0.1) is 0 Å². The fourth-order valence-corrected chi connectivity index (χ4v) is 8.44. The minimum Gasteiger partial charge on any atom is -0.390 e. The van der Waals surface area contributed by atoms with Gasteiger partial charge in [0.25, 0.3) is 0 Å². The van der Waals surface area contributed by atoms with Crippen molar-refractivity contribution in [2.24, 2.45) is 12.5 Å². The summed E-state index contributed by atoms with van der Waals surface area (Å²) >= 11 is 0. The average molecular weight is 478 g/mol. The molecule has 1 unspecified atom stereocenters. The Hall–Kier alpha value is -2.82. The molecule has 0 radical (unpaired) electrons. The van der Waals surface area contributed by atoms with E-state index in [1.54, 1.807) is 12.4 Å². The first-order valence-corrected chi connectivity index (χ1v) is 14.4. The minimum absolute atomic E-state index is 0.143. The lowest BCUT2D eigenvalue weighted by molar-refractivity contribution is 0.0975. The maximum Gasteiger partial charge on any atom is 0.182 e. The maximum absolute atomic E-state index is 10.2. The van der Waals surface area contributed by atoms with E-state index < -0.39 is 0 Å². The summed E-state index contributed by atoms with van der Waals surface area (Å²) in [6.45, 7) is 7.22. The lowest BCUT2D eigenvalue weighted by atomic mass is 9.76. The Morgan fingerprint density at radius 2 is 2.06 bits per heavy atom. The van der Waals surface area contributed by atoms with E-state index >= 15 is 0 Å². The van der Waals surface area contributed by atoms with Crippen LogP contribution >= 0.6 is 0 Å². The van der Waals surface area contributed by atoms with Crippen molar-refractivity contribution < 1.29 is 9.84 Å². The summed E-state index contributed by atoms with van der Waals surface area (Å²) in [7, 11) is 1.85. The van der Waals surface area contributed by atoms with Crippen molar-refractivity contribution in [3.8, 4) is 5.69 Å². The van der Waals surface area contributed by atoms with Gasteiger partial charge in [-0.25, -0.2) is 14.6 Å². The molecule has 10 heteroatoms. The van der Waals surface area contributed by atoms with Crippen LogP contribution in [-0.4, -0.2) is 69.7 Å². The van der Waals surface area contributed by atoms with E-state index in [0.717, 1.165) is 66.0 Å². The normalized spacial score (nSPS) is 22.8. The molecule has 4 aromatic rings. The first-order valence-electron chi connectivity index (χ1n) is 12.2. The number of aryl methyl sites for hydroxylation is 1. The van der Waals surface area contributed by atoms with Crippen molar-refractivity contribution in [1.82, 2.24) is 29.3 Å². The third-order valence-corrected chi connectivity index (χ3v) is 10.5. The molecule has 4 aromatic heterocycles. The summed E-state index contributed by atoms with van der Waals surface area (Å²) < 4.78 is 9.95. The van der Waals surface area contributed by atoms with Crippen LogP contribution in [0.15, 0.2) is 30.9 Å². The molecular weight excluding hydrogens is 446 g/mol. The van der Waals surface area contributed by atoms with Crippen LogP contribution in [0.5, 0.6) is 0 Å². The number of aromatic nitrogens is 6. The molecule has 1 N–H and O–H groups in total. The molecule has 2 aliphatic rings. The predicted molar refractivity (Wildman–Crippen MR) is 134 cm³/mol. The summed E-state index contributed by atoms with van der Waals surface area (Å²) in [5.74, 6) is 0.781. The van der Waals surface area contributed by atoms with Gasteiger partial charge in [-0.1, -0.05) is 6.55 Å². The third-order valence-electron chi connectivity index (χ3n) is 8.09. The highest BCUT2D eigenvalue weighted by molar-refractivity contribution is 6.36. The van der Waals surface area contributed by atoms with Crippen LogP contribution in [0.1, 0.15) is 25.5 Å². The molecule has 6 rings (SSSR count). The summed E-state index contributed by atoms with van der Waals surface area (Å²) in [6.07, 6.45) is 10.0. The van der Waals surface area contributed by atoms with Crippen molar-refractivity contribution in [1.29, 1.82) is 0 Å². The van der Waals surface area contributed by atoms with Crippen molar-refractivity contribution >= 4 is 37.4 Å². The molecule has 34 heavy (non-hydrogen) atoms. The van der Waals surface area contributed by atoms with Crippen LogP contribution in [0.4, 0.5) is 5.82 Å². The van der Waals surface area contributed by atoms with E-state index in [1.807, 2.05) is 34.8 Å². The molecule has 2 saturated heterocycles. The summed E-state index contributed by atoms with van der Waals surface area (Å²) in [5, 5.41) is 15.9. The monoisotopic (exact) mass is 477 g/mol. The zero-order chi connectivity index (χ0) is 23.4. The predicted octanol–water partition coefficient (Wildman–Crippen LogP) is 2.21. The van der Waals surface area contributed by atoms with Crippen molar-refractivity contribution in [2.75, 3.05) is 24.6 Å². The zero-order valence-electron chi connectivity index (χ0n) is 20.0. The topological polar surface area (TPSA) is 94.1 Å². The Balaban J connectivity index is 1.35. The lowest BCUT2D eigenvalue weighted by Gasteiger charge is -2.43. The number of fused-ring (bicyclic) bond motifs is 2. The zero-order valence-corrected chi connectivity index (χ0v) is 21.4. The van der Waals surface area contributed by atoms with E-state index in [4.69, 9.17) is 14.7 Å². The first kappa shape index (κ1) is 21.7. The molecule has 2 aliphatic heterocycles. The number of rotatable bonds is 4. The molecule has 0 amide bonds. The summed E-state index contributed by atoms with van der Waals surface area (Å²) in [6, 6.07) is 1.98. The number of hydrogen-bond donors (Lipinski definition) is 1. The number of nitrogens with zero attached hydrogens (tertiary/aromatic N) is 7. The molecule has 2 atom stereocenters. The van der Waals surface area contributed by atoms with Crippen molar-refractivity contribution in [2.45, 2.75) is 44.6 Å². The van der Waals surface area contributed by atoms with Gasteiger partial charge in [0, 0.05) is 47.4 Å². The number of anilines is 1. The lowest BCUT2D eigenvalue weighted by Crippen LogP contribution is -2.44. The van der Waals surface area contributed by atoms with E-state index in [0.29, 0.717) is 22.9 Å².